The first-order valence-electron chi connectivity index (χ1n) is 12.4. The second-order valence-corrected chi connectivity index (χ2v) is 10.1. The molecule has 7 aliphatic rings. The van der Waals surface area contributed by atoms with Gasteiger partial charge in [-0.2, -0.15) is 0 Å². The van der Waals surface area contributed by atoms with Crippen LogP contribution in [-0.4, -0.2) is 13.2 Å². The second kappa shape index (κ2) is 8.00. The van der Waals surface area contributed by atoms with E-state index in [2.05, 4.69) is 97.1 Å². The molecule has 2 unspecified atom stereocenters. The minimum atomic E-state index is -0.348. The van der Waals surface area contributed by atoms with E-state index in [1.165, 1.54) is 11.1 Å². The Bertz CT molecular complexity index is 1280. The summed E-state index contributed by atoms with van der Waals surface area (Å²) in [6.45, 7) is 2.34. The van der Waals surface area contributed by atoms with Gasteiger partial charge in [0.1, 0.15) is 24.7 Å². The van der Waals surface area contributed by atoms with E-state index in [1.807, 2.05) is 12.1 Å². The number of hydrogen-bond acceptors (Lipinski definition) is 3. The molecular weight excluding hydrogens is 432 g/mol. The summed E-state index contributed by atoms with van der Waals surface area (Å²) in [5.41, 5.74) is 4.47. The zero-order valence-electron chi connectivity index (χ0n) is 19.6. The lowest BCUT2D eigenvalue weighted by Crippen LogP contribution is -2.49. The van der Waals surface area contributed by atoms with E-state index in [-0.39, 0.29) is 22.7 Å². The lowest BCUT2D eigenvalue weighted by Gasteiger charge is -2.51. The van der Waals surface area contributed by atoms with Crippen LogP contribution in [0, 0.1) is 11.3 Å². The molecule has 3 aromatic rings. The molecule has 3 aromatic carbocycles. The summed E-state index contributed by atoms with van der Waals surface area (Å²) in [6, 6.07) is 29.7. The van der Waals surface area contributed by atoms with Crippen LogP contribution in [0.4, 0.5) is 0 Å². The molecule has 2 atom stereocenters. The van der Waals surface area contributed by atoms with E-state index in [1.54, 1.807) is 0 Å². The third-order valence-electron chi connectivity index (χ3n) is 8.16. The molecule has 0 radical (unpaired) electrons. The van der Waals surface area contributed by atoms with Crippen LogP contribution in [0.25, 0.3) is 0 Å². The van der Waals surface area contributed by atoms with Crippen molar-refractivity contribution in [2.24, 2.45) is 11.3 Å². The van der Waals surface area contributed by atoms with E-state index in [0.29, 0.717) is 26.4 Å². The van der Waals surface area contributed by atoms with Gasteiger partial charge in [0.2, 0.25) is 0 Å². The molecule has 1 saturated heterocycles. The van der Waals surface area contributed by atoms with E-state index in [0.717, 1.165) is 22.6 Å². The number of ether oxygens (including phenoxy) is 3. The fraction of sp³-hybridized carbons (Fsp3) is 0.250. The van der Waals surface area contributed by atoms with Crippen LogP contribution >= 0.6 is 0 Å². The normalized spacial score (nSPS) is 29.5. The van der Waals surface area contributed by atoms with Gasteiger partial charge < -0.3 is 14.2 Å². The molecule has 1 heterocycles. The van der Waals surface area contributed by atoms with Gasteiger partial charge in [-0.3, -0.25) is 0 Å². The van der Waals surface area contributed by atoms with Gasteiger partial charge in [-0.1, -0.05) is 97.1 Å². The Morgan fingerprint density at radius 3 is 1.97 bits per heavy atom. The minimum Gasteiger partial charge on any atom is -0.493 e. The molecule has 1 fully saturated rings. The van der Waals surface area contributed by atoms with Crippen LogP contribution in [0.2, 0.25) is 0 Å². The summed E-state index contributed by atoms with van der Waals surface area (Å²) in [4.78, 5) is 0. The SMILES string of the molecule is C1=CC23COCC24C=C(OCc2ccccc2)C(C(OCc2ccccc2)=C4)C1c1ccccc13. The standard InChI is InChI=1S/C32H28O3/c1-3-9-23(10-4-1)19-34-28-17-31-18-29(35-20-24-11-5-2-6-12-24)30(28)26-15-16-32(31,22-33-21-31)27-14-8-7-13-25(26)27/h1-18,26,30H,19-22H2. The highest BCUT2D eigenvalue weighted by Crippen LogP contribution is 2.62. The molecule has 10 rings (SSSR count). The van der Waals surface area contributed by atoms with Gasteiger partial charge >= 0.3 is 0 Å². The molecule has 4 bridgehead atoms. The highest BCUT2D eigenvalue weighted by Gasteiger charge is 2.61. The zero-order valence-corrected chi connectivity index (χ0v) is 19.6. The fourth-order valence-electron chi connectivity index (χ4n) is 6.43. The molecule has 6 aliphatic carbocycles. The molecule has 3 heteroatoms. The monoisotopic (exact) mass is 460 g/mol. The smallest absolute Gasteiger partial charge is 0.113 e. The summed E-state index contributed by atoms with van der Waals surface area (Å²) in [5.74, 6) is 2.14. The lowest BCUT2D eigenvalue weighted by atomic mass is 9.52. The molecule has 0 amide bonds. The average Bonchev–Trinajstić information content (AvgIpc) is 3.21. The van der Waals surface area contributed by atoms with Crippen LogP contribution in [-0.2, 0) is 32.8 Å². The van der Waals surface area contributed by atoms with Crippen molar-refractivity contribution in [1.82, 2.24) is 0 Å². The Kier molecular flexibility index (Phi) is 4.75. The van der Waals surface area contributed by atoms with Gasteiger partial charge in [-0.15, -0.1) is 0 Å². The Morgan fingerprint density at radius 2 is 1.31 bits per heavy atom. The summed E-state index contributed by atoms with van der Waals surface area (Å²) in [6.07, 6.45) is 9.51. The van der Waals surface area contributed by atoms with E-state index in [9.17, 15) is 0 Å². The van der Waals surface area contributed by atoms with Gasteiger partial charge in [0.05, 0.1) is 30.0 Å². The summed E-state index contributed by atoms with van der Waals surface area (Å²) in [7, 11) is 0. The van der Waals surface area contributed by atoms with Crippen molar-refractivity contribution in [3.63, 3.8) is 0 Å². The molecule has 0 saturated carbocycles. The van der Waals surface area contributed by atoms with Gasteiger partial charge in [0, 0.05) is 5.92 Å². The van der Waals surface area contributed by atoms with Gasteiger partial charge in [-0.05, 0) is 34.4 Å². The van der Waals surface area contributed by atoms with Gasteiger partial charge in [-0.25, -0.2) is 0 Å². The van der Waals surface area contributed by atoms with Crippen LogP contribution in [0.3, 0.4) is 0 Å². The minimum absolute atomic E-state index is 0.00986. The third-order valence-corrected chi connectivity index (χ3v) is 8.16. The summed E-state index contributed by atoms with van der Waals surface area (Å²) in [5, 5.41) is 0. The summed E-state index contributed by atoms with van der Waals surface area (Å²) >= 11 is 0. The topological polar surface area (TPSA) is 27.7 Å². The molecule has 1 aliphatic heterocycles. The molecule has 0 aromatic heterocycles. The van der Waals surface area contributed by atoms with Crippen molar-refractivity contribution in [1.29, 1.82) is 0 Å². The molecule has 35 heavy (non-hydrogen) atoms. The molecule has 174 valence electrons. The maximum absolute atomic E-state index is 6.64. The highest BCUT2D eigenvalue weighted by molar-refractivity contribution is 5.57. The Hall–Kier alpha value is -3.56. The first-order valence-corrected chi connectivity index (χ1v) is 12.4. The number of benzene rings is 3. The van der Waals surface area contributed by atoms with E-state index < -0.39 is 0 Å². The van der Waals surface area contributed by atoms with Crippen molar-refractivity contribution < 1.29 is 14.2 Å². The predicted octanol–water partition coefficient (Wildman–Crippen LogP) is 6.44. The third kappa shape index (κ3) is 3.15. The zero-order chi connectivity index (χ0) is 23.3. The molecule has 2 spiro atoms. The van der Waals surface area contributed by atoms with E-state index >= 15 is 0 Å². The van der Waals surface area contributed by atoms with Crippen molar-refractivity contribution >= 4 is 0 Å². The molecule has 0 N–H and O–H groups in total. The van der Waals surface area contributed by atoms with Crippen LogP contribution in [0.1, 0.15) is 28.2 Å². The second-order valence-electron chi connectivity index (χ2n) is 10.1. The number of hydrogen-bond donors (Lipinski definition) is 0. The average molecular weight is 461 g/mol. The first kappa shape index (κ1) is 20.8. The summed E-state index contributed by atoms with van der Waals surface area (Å²) < 4.78 is 19.5. The Balaban J connectivity index is 1.34. The van der Waals surface area contributed by atoms with Crippen molar-refractivity contribution in [3.8, 4) is 0 Å². The first-order chi connectivity index (χ1) is 17.3. The quantitative estimate of drug-likeness (QED) is 0.396. The molecule has 3 nitrogen and oxygen atoms in total. The highest BCUT2D eigenvalue weighted by atomic mass is 16.5. The maximum Gasteiger partial charge on any atom is 0.113 e. The van der Waals surface area contributed by atoms with Crippen LogP contribution < -0.4 is 0 Å². The van der Waals surface area contributed by atoms with Gasteiger partial charge in [0.15, 0.2) is 0 Å². The van der Waals surface area contributed by atoms with Crippen molar-refractivity contribution in [2.45, 2.75) is 24.5 Å². The number of allylic oxidation sites excluding steroid dienone is 1. The predicted molar refractivity (Wildman–Crippen MR) is 135 cm³/mol. The van der Waals surface area contributed by atoms with Crippen molar-refractivity contribution in [2.75, 3.05) is 13.2 Å². The van der Waals surface area contributed by atoms with Gasteiger partial charge in [0.25, 0.3) is 0 Å². The fourth-order valence-corrected chi connectivity index (χ4v) is 6.43. The maximum atomic E-state index is 6.64. The Labute approximate surface area is 206 Å². The van der Waals surface area contributed by atoms with Crippen LogP contribution in [0.15, 0.2) is 121 Å². The van der Waals surface area contributed by atoms with E-state index in [4.69, 9.17) is 14.2 Å². The molecular formula is C32H28O3. The largest absolute Gasteiger partial charge is 0.493 e. The number of rotatable bonds is 6. The Morgan fingerprint density at radius 1 is 0.714 bits per heavy atom. The van der Waals surface area contributed by atoms with Crippen LogP contribution in [0.5, 0.6) is 0 Å². The lowest BCUT2D eigenvalue weighted by molar-refractivity contribution is 0.0950. The van der Waals surface area contributed by atoms with Crippen molar-refractivity contribution in [3.05, 3.63) is 143 Å².